The lowest BCUT2D eigenvalue weighted by atomic mass is 9.94. The Labute approximate surface area is 165 Å². The van der Waals surface area contributed by atoms with E-state index in [4.69, 9.17) is 9.47 Å². The maximum atomic E-state index is 12.8. The van der Waals surface area contributed by atoms with Crippen LogP contribution in [-0.4, -0.2) is 52.9 Å². The highest BCUT2D eigenvalue weighted by Gasteiger charge is 2.42. The molecule has 0 bridgehead atoms. The minimum Gasteiger partial charge on any atom is -0.460 e. The van der Waals surface area contributed by atoms with Gasteiger partial charge in [-0.05, 0) is 12.5 Å². The minimum absolute atomic E-state index is 0.0486. The van der Waals surface area contributed by atoms with E-state index in [0.717, 1.165) is 0 Å². The molecule has 0 aromatic heterocycles. The van der Waals surface area contributed by atoms with Gasteiger partial charge in [-0.15, -0.1) is 0 Å². The smallest absolute Gasteiger partial charge is 0.338 e. The number of aliphatic imine (C=N–C) groups is 1. The van der Waals surface area contributed by atoms with Gasteiger partial charge >= 0.3 is 5.97 Å². The molecular formula is C18H19N3O6S. The Bertz CT molecular complexity index is 882. The first kappa shape index (κ1) is 20.0. The number of ether oxygens (including phenoxy) is 2. The predicted molar refractivity (Wildman–Crippen MR) is 103 cm³/mol. The Morgan fingerprint density at radius 2 is 2.21 bits per heavy atom. The Hall–Kier alpha value is -2.72. The summed E-state index contributed by atoms with van der Waals surface area (Å²) in [7, 11) is 1.49. The first-order valence-electron chi connectivity index (χ1n) is 8.58. The summed E-state index contributed by atoms with van der Waals surface area (Å²) in [6.45, 7) is 1.95. The number of allylic oxidation sites excluding steroid dienone is 1. The number of nitrogens with zero attached hydrogens (tertiary/aromatic N) is 3. The Kier molecular flexibility index (Phi) is 6.10. The standard InChI is InChI=1S/C18H19N3O6S/c1-11-15(17(23)27-8-7-26-2)16(12-4-3-5-13(10-12)21(24)25)20-14(22)6-9-28-18(20)19-11/h3-5,10,16H,6-9H2,1-2H3. The average molecular weight is 405 g/mol. The first-order valence-corrected chi connectivity index (χ1v) is 9.57. The number of methoxy groups -OCH3 is 1. The minimum atomic E-state index is -0.831. The zero-order chi connectivity index (χ0) is 20.3. The maximum Gasteiger partial charge on any atom is 0.338 e. The third-order valence-electron chi connectivity index (χ3n) is 4.34. The van der Waals surface area contributed by atoms with Crippen LogP contribution in [0.25, 0.3) is 0 Å². The van der Waals surface area contributed by atoms with Crippen LogP contribution >= 0.6 is 11.8 Å². The van der Waals surface area contributed by atoms with E-state index >= 15 is 0 Å². The van der Waals surface area contributed by atoms with Crippen LogP contribution in [0.2, 0.25) is 0 Å². The normalized spacial score (nSPS) is 19.2. The van der Waals surface area contributed by atoms with E-state index in [1.165, 1.54) is 42.0 Å². The molecule has 0 saturated carbocycles. The highest BCUT2D eigenvalue weighted by atomic mass is 32.2. The number of hydrogen-bond donors (Lipinski definition) is 0. The van der Waals surface area contributed by atoms with E-state index in [0.29, 0.717) is 28.6 Å². The number of thioether (sulfide) groups is 1. The number of esters is 1. The second-order valence-corrected chi connectivity index (χ2v) is 7.20. The summed E-state index contributed by atoms with van der Waals surface area (Å²) in [4.78, 5) is 42.0. The van der Waals surface area contributed by atoms with Crippen molar-refractivity contribution in [3.63, 3.8) is 0 Å². The number of fused-ring (bicyclic) bond motifs is 1. The van der Waals surface area contributed by atoms with Gasteiger partial charge in [0, 0.05) is 31.4 Å². The number of amidine groups is 1. The van der Waals surface area contributed by atoms with Gasteiger partial charge in [-0.25, -0.2) is 9.79 Å². The van der Waals surface area contributed by atoms with Gasteiger partial charge in [0.25, 0.3) is 5.69 Å². The SMILES string of the molecule is COCCOC(=O)C1=C(C)N=C2SCCC(=O)N2C1c1cccc([N+](=O)[O-])c1. The monoisotopic (exact) mass is 405 g/mol. The van der Waals surface area contributed by atoms with E-state index in [2.05, 4.69) is 4.99 Å². The lowest BCUT2D eigenvalue weighted by Crippen LogP contribution is -2.45. The lowest BCUT2D eigenvalue weighted by molar-refractivity contribution is -0.384. The molecule has 1 saturated heterocycles. The molecule has 9 nitrogen and oxygen atoms in total. The zero-order valence-corrected chi connectivity index (χ0v) is 16.2. The Balaban J connectivity index is 2.08. The van der Waals surface area contributed by atoms with Gasteiger partial charge < -0.3 is 9.47 Å². The molecule has 0 N–H and O–H groups in total. The molecule has 0 spiro atoms. The number of nitro benzene ring substituents is 1. The summed E-state index contributed by atoms with van der Waals surface area (Å²) in [6, 6.07) is 5.09. The van der Waals surface area contributed by atoms with E-state index in [-0.39, 0.29) is 30.4 Å². The molecule has 0 aliphatic carbocycles. The molecular weight excluding hydrogens is 386 g/mol. The summed E-state index contributed by atoms with van der Waals surface area (Å²) < 4.78 is 10.2. The second-order valence-electron chi connectivity index (χ2n) is 6.14. The van der Waals surface area contributed by atoms with Crippen LogP contribution in [0.4, 0.5) is 5.69 Å². The van der Waals surface area contributed by atoms with Crippen molar-refractivity contribution in [2.24, 2.45) is 4.99 Å². The zero-order valence-electron chi connectivity index (χ0n) is 15.4. The van der Waals surface area contributed by atoms with Crippen LogP contribution < -0.4 is 0 Å². The summed E-state index contributed by atoms with van der Waals surface area (Å²) in [5, 5.41) is 11.7. The van der Waals surface area contributed by atoms with Gasteiger partial charge in [0.1, 0.15) is 6.61 Å². The topological polar surface area (TPSA) is 111 Å². The number of amides is 1. The highest BCUT2D eigenvalue weighted by molar-refractivity contribution is 8.14. The molecule has 10 heteroatoms. The number of benzene rings is 1. The maximum absolute atomic E-state index is 12.8. The van der Waals surface area contributed by atoms with Crippen molar-refractivity contribution in [2.45, 2.75) is 19.4 Å². The molecule has 2 heterocycles. The van der Waals surface area contributed by atoms with E-state index in [9.17, 15) is 19.7 Å². The molecule has 0 radical (unpaired) electrons. The number of carbonyl (C=O) groups excluding carboxylic acids is 2. The van der Waals surface area contributed by atoms with E-state index in [1.54, 1.807) is 13.0 Å². The fraction of sp³-hybridized carbons (Fsp3) is 0.389. The molecule has 3 rings (SSSR count). The number of carbonyl (C=O) groups is 2. The van der Waals surface area contributed by atoms with Crippen LogP contribution in [0, 0.1) is 10.1 Å². The number of nitro groups is 1. The fourth-order valence-electron chi connectivity index (χ4n) is 3.08. The van der Waals surface area contributed by atoms with Gasteiger partial charge in [-0.2, -0.15) is 0 Å². The van der Waals surface area contributed by atoms with Crippen molar-refractivity contribution in [3.05, 3.63) is 51.2 Å². The first-order chi connectivity index (χ1) is 13.4. The van der Waals surface area contributed by atoms with Gasteiger partial charge in [-0.1, -0.05) is 23.9 Å². The van der Waals surface area contributed by atoms with Crippen molar-refractivity contribution in [1.29, 1.82) is 0 Å². The van der Waals surface area contributed by atoms with Gasteiger partial charge in [0.2, 0.25) is 5.91 Å². The third-order valence-corrected chi connectivity index (χ3v) is 5.30. The number of rotatable bonds is 6. The highest BCUT2D eigenvalue weighted by Crippen LogP contribution is 2.41. The van der Waals surface area contributed by atoms with Crippen LogP contribution in [-0.2, 0) is 19.1 Å². The second kappa shape index (κ2) is 8.53. The van der Waals surface area contributed by atoms with Crippen molar-refractivity contribution in [2.75, 3.05) is 26.1 Å². The quantitative estimate of drug-likeness (QED) is 0.309. The molecule has 1 unspecified atom stereocenters. The fourth-order valence-corrected chi connectivity index (χ4v) is 4.08. The lowest BCUT2D eigenvalue weighted by Gasteiger charge is -2.38. The summed E-state index contributed by atoms with van der Waals surface area (Å²) >= 11 is 1.41. The van der Waals surface area contributed by atoms with Gasteiger partial charge in [0.15, 0.2) is 5.17 Å². The average Bonchev–Trinajstić information content (AvgIpc) is 2.67. The Morgan fingerprint density at radius 3 is 2.93 bits per heavy atom. The van der Waals surface area contributed by atoms with Crippen LogP contribution in [0.5, 0.6) is 0 Å². The predicted octanol–water partition coefficient (Wildman–Crippen LogP) is 2.43. The third kappa shape index (κ3) is 3.92. The van der Waals surface area contributed by atoms with Gasteiger partial charge in [0.05, 0.1) is 28.8 Å². The molecule has 28 heavy (non-hydrogen) atoms. The van der Waals surface area contributed by atoms with Crippen molar-refractivity contribution < 1.29 is 24.0 Å². The largest absolute Gasteiger partial charge is 0.460 e. The molecule has 148 valence electrons. The van der Waals surface area contributed by atoms with Gasteiger partial charge in [-0.3, -0.25) is 19.8 Å². The Morgan fingerprint density at radius 1 is 1.43 bits per heavy atom. The molecule has 1 aromatic rings. The molecule has 2 aliphatic heterocycles. The number of non-ortho nitro benzene ring substituents is 1. The van der Waals surface area contributed by atoms with Crippen LogP contribution in [0.3, 0.4) is 0 Å². The molecule has 1 amide bonds. The summed E-state index contributed by atoms with van der Waals surface area (Å²) in [6.07, 6.45) is 0.292. The molecule has 1 atom stereocenters. The van der Waals surface area contributed by atoms with E-state index < -0.39 is 16.9 Å². The van der Waals surface area contributed by atoms with Crippen molar-refractivity contribution >= 4 is 34.5 Å². The summed E-state index contributed by atoms with van der Waals surface area (Å²) in [5.74, 6) is -0.225. The molecule has 1 aromatic carbocycles. The van der Waals surface area contributed by atoms with Crippen LogP contribution in [0.1, 0.15) is 24.9 Å². The van der Waals surface area contributed by atoms with Crippen molar-refractivity contribution in [3.8, 4) is 0 Å². The van der Waals surface area contributed by atoms with E-state index in [1.807, 2.05) is 0 Å². The molecule has 1 fully saturated rings. The molecule has 2 aliphatic rings. The number of hydrogen-bond acceptors (Lipinski definition) is 8. The van der Waals surface area contributed by atoms with Crippen molar-refractivity contribution in [1.82, 2.24) is 4.90 Å². The summed E-state index contributed by atoms with van der Waals surface area (Å²) in [5.41, 5.74) is 0.947. The van der Waals surface area contributed by atoms with Crippen LogP contribution in [0.15, 0.2) is 40.5 Å².